The summed E-state index contributed by atoms with van der Waals surface area (Å²) < 4.78 is 2.15. The minimum Gasteiger partial charge on any atom is -0.353 e. The molecule has 1 amide bonds. The lowest BCUT2D eigenvalue weighted by Gasteiger charge is -2.31. The van der Waals surface area contributed by atoms with Crippen LogP contribution in [0.25, 0.3) is 0 Å². The summed E-state index contributed by atoms with van der Waals surface area (Å²) in [4.78, 5) is 14.9. The van der Waals surface area contributed by atoms with Crippen LogP contribution in [0.4, 0.5) is 0 Å². The third-order valence-electron chi connectivity index (χ3n) is 4.77. The van der Waals surface area contributed by atoms with Crippen molar-refractivity contribution in [2.75, 3.05) is 13.1 Å². The van der Waals surface area contributed by atoms with E-state index in [1.807, 2.05) is 0 Å². The first kappa shape index (κ1) is 16.1. The fourth-order valence-electron chi connectivity index (χ4n) is 3.29. The smallest absolute Gasteiger partial charge is 0.223 e. The van der Waals surface area contributed by atoms with Gasteiger partial charge in [-0.05, 0) is 37.4 Å². The van der Waals surface area contributed by atoms with Crippen molar-refractivity contribution in [2.45, 2.75) is 51.5 Å². The Hall–Kier alpha value is -1.29. The monoisotopic (exact) mass is 291 g/mol. The summed E-state index contributed by atoms with van der Waals surface area (Å²) >= 11 is 0. The maximum atomic E-state index is 12.8. The Morgan fingerprint density at radius 1 is 1.43 bits per heavy atom. The number of carbonyl (C=O) groups excluding carboxylic acids is 1. The molecule has 1 saturated heterocycles. The van der Waals surface area contributed by atoms with E-state index in [9.17, 15) is 4.79 Å². The molecule has 2 heterocycles. The van der Waals surface area contributed by atoms with Gasteiger partial charge in [0.25, 0.3) is 0 Å². The fourth-order valence-corrected chi connectivity index (χ4v) is 3.29. The van der Waals surface area contributed by atoms with Crippen molar-refractivity contribution < 1.29 is 4.79 Å². The van der Waals surface area contributed by atoms with Crippen molar-refractivity contribution >= 4 is 5.91 Å². The second kappa shape index (κ2) is 7.64. The Balaban J connectivity index is 2.16. The average Bonchev–Trinajstić information content (AvgIpc) is 2.77. The van der Waals surface area contributed by atoms with E-state index < -0.39 is 0 Å². The van der Waals surface area contributed by atoms with Crippen LogP contribution in [0.15, 0.2) is 18.3 Å². The van der Waals surface area contributed by atoms with Gasteiger partial charge in [-0.3, -0.25) is 4.79 Å². The van der Waals surface area contributed by atoms with Gasteiger partial charge < -0.3 is 15.2 Å². The Labute approximate surface area is 128 Å². The summed E-state index contributed by atoms with van der Waals surface area (Å²) in [6.07, 6.45) is 8.25. The summed E-state index contributed by atoms with van der Waals surface area (Å²) in [5.41, 5.74) is 7.03. The predicted molar refractivity (Wildman–Crippen MR) is 85.8 cm³/mol. The summed E-state index contributed by atoms with van der Waals surface area (Å²) in [5, 5.41) is 0. The molecule has 2 unspecified atom stereocenters. The largest absolute Gasteiger partial charge is 0.353 e. The number of hydrogen-bond donors (Lipinski definition) is 1. The van der Waals surface area contributed by atoms with Crippen molar-refractivity contribution in [3.63, 3.8) is 0 Å². The lowest BCUT2D eigenvalue weighted by molar-refractivity contribution is -0.134. The number of likely N-dealkylation sites (tertiary alicyclic amines) is 1. The van der Waals surface area contributed by atoms with Gasteiger partial charge in [0, 0.05) is 31.9 Å². The number of hydrogen-bond acceptors (Lipinski definition) is 2. The van der Waals surface area contributed by atoms with Crippen molar-refractivity contribution in [2.24, 2.45) is 18.7 Å². The standard InChI is InChI=1S/C17H29N3O/c1-3-14(13-18)12-17(21)20-11-6-4-5-8-16(20)15-9-7-10-19(15)2/h7,9-10,14,16H,3-6,8,11-13,18H2,1-2H3. The zero-order chi connectivity index (χ0) is 15.2. The molecule has 0 saturated carbocycles. The van der Waals surface area contributed by atoms with Crippen LogP contribution < -0.4 is 5.73 Å². The van der Waals surface area contributed by atoms with Gasteiger partial charge in [0.2, 0.25) is 5.91 Å². The first-order chi connectivity index (χ1) is 10.2. The SMILES string of the molecule is CCC(CN)CC(=O)N1CCCCCC1c1cccn1C. The molecule has 2 atom stereocenters. The number of nitrogens with zero attached hydrogens (tertiary/aromatic N) is 2. The normalized spacial score (nSPS) is 21.1. The fraction of sp³-hybridized carbons (Fsp3) is 0.706. The minimum absolute atomic E-state index is 0.232. The van der Waals surface area contributed by atoms with E-state index in [0.29, 0.717) is 18.9 Å². The lowest BCUT2D eigenvalue weighted by atomic mass is 10.0. The van der Waals surface area contributed by atoms with Crippen LogP contribution in [0.1, 0.15) is 57.2 Å². The van der Waals surface area contributed by atoms with E-state index in [1.54, 1.807) is 0 Å². The molecule has 1 aromatic rings. The van der Waals surface area contributed by atoms with Crippen LogP contribution >= 0.6 is 0 Å². The van der Waals surface area contributed by atoms with E-state index in [1.165, 1.54) is 18.5 Å². The molecule has 21 heavy (non-hydrogen) atoms. The Morgan fingerprint density at radius 2 is 2.24 bits per heavy atom. The van der Waals surface area contributed by atoms with Gasteiger partial charge in [0.1, 0.15) is 0 Å². The summed E-state index contributed by atoms with van der Waals surface area (Å²) in [6, 6.07) is 4.45. The van der Waals surface area contributed by atoms with Crippen molar-refractivity contribution in [1.29, 1.82) is 0 Å². The average molecular weight is 291 g/mol. The Morgan fingerprint density at radius 3 is 2.86 bits per heavy atom. The van der Waals surface area contributed by atoms with Gasteiger partial charge in [0.15, 0.2) is 0 Å². The Bertz CT molecular complexity index is 451. The highest BCUT2D eigenvalue weighted by atomic mass is 16.2. The summed E-state index contributed by atoms with van der Waals surface area (Å²) in [5.74, 6) is 0.593. The third kappa shape index (κ3) is 3.88. The van der Waals surface area contributed by atoms with Crippen LogP contribution in [-0.2, 0) is 11.8 Å². The first-order valence-corrected chi connectivity index (χ1v) is 8.28. The molecule has 0 bridgehead atoms. The molecular formula is C17H29N3O. The molecule has 4 heteroatoms. The van der Waals surface area contributed by atoms with Gasteiger partial charge in [0.05, 0.1) is 6.04 Å². The number of nitrogens with two attached hydrogens (primary N) is 1. The molecule has 1 aliphatic heterocycles. The van der Waals surface area contributed by atoms with E-state index in [-0.39, 0.29) is 11.9 Å². The summed E-state index contributed by atoms with van der Waals surface area (Å²) in [6.45, 7) is 3.60. The molecule has 2 rings (SSSR count). The molecular weight excluding hydrogens is 262 g/mol. The van der Waals surface area contributed by atoms with Crippen LogP contribution in [-0.4, -0.2) is 28.5 Å². The second-order valence-electron chi connectivity index (χ2n) is 6.21. The predicted octanol–water partition coefficient (Wildman–Crippen LogP) is 2.84. The van der Waals surface area contributed by atoms with E-state index in [0.717, 1.165) is 25.8 Å². The molecule has 0 aromatic carbocycles. The molecule has 0 aliphatic carbocycles. The molecule has 4 nitrogen and oxygen atoms in total. The van der Waals surface area contributed by atoms with E-state index >= 15 is 0 Å². The molecule has 0 radical (unpaired) electrons. The lowest BCUT2D eigenvalue weighted by Crippen LogP contribution is -2.37. The highest BCUT2D eigenvalue weighted by Crippen LogP contribution is 2.31. The van der Waals surface area contributed by atoms with E-state index in [4.69, 9.17) is 5.73 Å². The van der Waals surface area contributed by atoms with Gasteiger partial charge in [-0.25, -0.2) is 0 Å². The zero-order valence-corrected chi connectivity index (χ0v) is 13.4. The highest BCUT2D eigenvalue weighted by Gasteiger charge is 2.28. The summed E-state index contributed by atoms with van der Waals surface area (Å²) in [7, 11) is 2.07. The van der Waals surface area contributed by atoms with Gasteiger partial charge >= 0.3 is 0 Å². The molecule has 118 valence electrons. The molecule has 1 aromatic heterocycles. The number of amides is 1. The first-order valence-electron chi connectivity index (χ1n) is 8.28. The van der Waals surface area contributed by atoms with Crippen LogP contribution in [0.5, 0.6) is 0 Å². The second-order valence-corrected chi connectivity index (χ2v) is 6.21. The van der Waals surface area contributed by atoms with E-state index in [2.05, 4.69) is 41.8 Å². The van der Waals surface area contributed by atoms with Crippen LogP contribution in [0.2, 0.25) is 0 Å². The van der Waals surface area contributed by atoms with Crippen molar-refractivity contribution in [1.82, 2.24) is 9.47 Å². The highest BCUT2D eigenvalue weighted by molar-refractivity contribution is 5.77. The quantitative estimate of drug-likeness (QED) is 0.907. The minimum atomic E-state index is 0.232. The van der Waals surface area contributed by atoms with Gasteiger partial charge in [-0.1, -0.05) is 26.2 Å². The van der Waals surface area contributed by atoms with Gasteiger partial charge in [-0.2, -0.15) is 0 Å². The Kier molecular flexibility index (Phi) is 5.85. The number of aromatic nitrogens is 1. The molecule has 0 spiro atoms. The molecule has 1 fully saturated rings. The van der Waals surface area contributed by atoms with Crippen LogP contribution in [0.3, 0.4) is 0 Å². The number of rotatable bonds is 5. The van der Waals surface area contributed by atoms with Crippen LogP contribution in [0, 0.1) is 5.92 Å². The maximum Gasteiger partial charge on any atom is 0.223 e. The third-order valence-corrected chi connectivity index (χ3v) is 4.77. The molecule has 1 aliphatic rings. The molecule has 2 N–H and O–H groups in total. The topological polar surface area (TPSA) is 51.3 Å². The number of aryl methyl sites for hydroxylation is 1. The van der Waals surface area contributed by atoms with Crippen molar-refractivity contribution in [3.8, 4) is 0 Å². The zero-order valence-electron chi connectivity index (χ0n) is 13.4. The number of carbonyl (C=O) groups is 1. The van der Waals surface area contributed by atoms with Gasteiger partial charge in [-0.15, -0.1) is 0 Å². The van der Waals surface area contributed by atoms with Crippen molar-refractivity contribution in [3.05, 3.63) is 24.0 Å². The maximum absolute atomic E-state index is 12.8.